The van der Waals surface area contributed by atoms with Crippen LogP contribution < -0.4 is 4.90 Å². The zero-order chi connectivity index (χ0) is 14.7. The van der Waals surface area contributed by atoms with Gasteiger partial charge in [0.25, 0.3) is 11.6 Å². The second-order valence-electron chi connectivity index (χ2n) is 4.12. The summed E-state index contributed by atoms with van der Waals surface area (Å²) in [6.07, 6.45) is 0. The van der Waals surface area contributed by atoms with E-state index in [1.807, 2.05) is 52.9 Å². The third-order valence-electron chi connectivity index (χ3n) is 2.84. The molecule has 0 bridgehead atoms. The Morgan fingerprint density at radius 3 is 2.45 bits per heavy atom. The van der Waals surface area contributed by atoms with Crippen molar-refractivity contribution in [2.45, 2.75) is 0 Å². The van der Waals surface area contributed by atoms with Gasteiger partial charge in [-0.1, -0.05) is 18.2 Å². The normalized spacial score (nSPS) is 10.1. The summed E-state index contributed by atoms with van der Waals surface area (Å²) in [5, 5.41) is 10.8. The van der Waals surface area contributed by atoms with Gasteiger partial charge in [-0.25, -0.2) is 0 Å². The summed E-state index contributed by atoms with van der Waals surface area (Å²) in [6, 6.07) is 13.4. The minimum Gasteiger partial charge on any atom is -0.311 e. The van der Waals surface area contributed by atoms with E-state index in [0.717, 1.165) is 5.69 Å². The number of rotatable bonds is 3. The highest BCUT2D eigenvalue weighted by Crippen LogP contribution is 2.22. The number of nitro benzene ring substituents is 1. The van der Waals surface area contributed by atoms with Gasteiger partial charge in [-0.2, -0.15) is 0 Å². The number of hydrogen-bond donors (Lipinski definition) is 0. The maximum Gasteiger partial charge on any atom is 0.270 e. The molecule has 0 aromatic heterocycles. The van der Waals surface area contributed by atoms with Gasteiger partial charge < -0.3 is 4.90 Å². The molecule has 0 unspecified atom stereocenters. The smallest absolute Gasteiger partial charge is 0.270 e. The lowest BCUT2D eigenvalue weighted by Crippen LogP contribution is -2.27. The quantitative estimate of drug-likeness (QED) is 0.464. The summed E-state index contributed by atoms with van der Waals surface area (Å²) in [5.41, 5.74) is 0.973. The lowest BCUT2D eigenvalue weighted by atomic mass is 10.1. The predicted octanol–water partition coefficient (Wildman–Crippen LogP) is 3.48. The molecule has 0 aliphatic carbocycles. The molecule has 1 amide bonds. The average Bonchev–Trinajstić information content (AvgIpc) is 2.47. The molecule has 0 heterocycles. The maximum absolute atomic E-state index is 12.4. The lowest BCUT2D eigenvalue weighted by Gasteiger charge is -2.17. The molecule has 0 atom stereocenters. The Hall–Kier alpha value is -1.96. The van der Waals surface area contributed by atoms with E-state index in [-0.39, 0.29) is 11.6 Å². The first-order valence-electron chi connectivity index (χ1n) is 5.78. The van der Waals surface area contributed by atoms with E-state index in [4.69, 9.17) is 0 Å². The Labute approximate surface area is 129 Å². The van der Waals surface area contributed by atoms with Crippen LogP contribution in [0.3, 0.4) is 0 Å². The zero-order valence-corrected chi connectivity index (χ0v) is 12.8. The largest absolute Gasteiger partial charge is 0.311 e. The fourth-order valence-corrected chi connectivity index (χ4v) is 2.31. The summed E-state index contributed by atoms with van der Waals surface area (Å²) in [4.78, 5) is 24.2. The molecule has 0 aliphatic rings. The SMILES string of the molecule is CN(C(=O)c1cc([N+](=O)[O-])ccc1I)c1ccccc1. The molecule has 2 rings (SSSR count). The number of nitro groups is 1. The van der Waals surface area contributed by atoms with Gasteiger partial charge in [-0.05, 0) is 40.8 Å². The second kappa shape index (κ2) is 6.00. The van der Waals surface area contributed by atoms with Gasteiger partial charge in [0.2, 0.25) is 0 Å². The first-order valence-corrected chi connectivity index (χ1v) is 6.85. The molecule has 2 aromatic rings. The first-order chi connectivity index (χ1) is 9.50. The molecular formula is C14H11IN2O3. The third kappa shape index (κ3) is 2.96. The molecule has 102 valence electrons. The van der Waals surface area contributed by atoms with E-state index >= 15 is 0 Å². The topological polar surface area (TPSA) is 63.5 Å². The van der Waals surface area contributed by atoms with Crippen LogP contribution in [0.15, 0.2) is 48.5 Å². The number of benzene rings is 2. The van der Waals surface area contributed by atoms with Crippen LogP contribution in [0, 0.1) is 13.7 Å². The number of halogens is 1. The van der Waals surface area contributed by atoms with E-state index in [1.165, 1.54) is 17.0 Å². The Bertz CT molecular complexity index is 659. The Kier molecular flexibility index (Phi) is 4.33. The van der Waals surface area contributed by atoms with Crippen molar-refractivity contribution in [3.8, 4) is 0 Å². The van der Waals surface area contributed by atoms with Crippen LogP contribution in [0.1, 0.15) is 10.4 Å². The van der Waals surface area contributed by atoms with Crippen LogP contribution in [0.25, 0.3) is 0 Å². The maximum atomic E-state index is 12.4. The Morgan fingerprint density at radius 2 is 1.85 bits per heavy atom. The summed E-state index contributed by atoms with van der Waals surface area (Å²) < 4.78 is 0.681. The highest BCUT2D eigenvalue weighted by Gasteiger charge is 2.19. The molecule has 20 heavy (non-hydrogen) atoms. The first kappa shape index (κ1) is 14.4. The standard InChI is InChI=1S/C14H11IN2O3/c1-16(10-5-3-2-4-6-10)14(18)12-9-11(17(19)20)7-8-13(12)15/h2-9H,1H3. The van der Waals surface area contributed by atoms with Crippen LogP contribution in [0.4, 0.5) is 11.4 Å². The van der Waals surface area contributed by atoms with Crippen molar-refractivity contribution in [2.24, 2.45) is 0 Å². The van der Waals surface area contributed by atoms with Gasteiger partial charge in [-0.3, -0.25) is 14.9 Å². The number of anilines is 1. The van der Waals surface area contributed by atoms with Crippen molar-refractivity contribution in [2.75, 3.05) is 11.9 Å². The Morgan fingerprint density at radius 1 is 1.20 bits per heavy atom. The van der Waals surface area contributed by atoms with Crippen molar-refractivity contribution < 1.29 is 9.72 Å². The zero-order valence-electron chi connectivity index (χ0n) is 10.6. The average molecular weight is 382 g/mol. The van der Waals surface area contributed by atoms with Crippen LogP contribution in [-0.2, 0) is 0 Å². The number of carbonyl (C=O) groups is 1. The molecule has 0 fully saturated rings. The van der Waals surface area contributed by atoms with Gasteiger partial charge >= 0.3 is 0 Å². The molecule has 0 saturated carbocycles. The van der Waals surface area contributed by atoms with Crippen LogP contribution in [0.5, 0.6) is 0 Å². The number of non-ortho nitro benzene ring substituents is 1. The van der Waals surface area contributed by atoms with Crippen molar-refractivity contribution in [3.05, 3.63) is 67.8 Å². The van der Waals surface area contributed by atoms with Gasteiger partial charge in [-0.15, -0.1) is 0 Å². The van der Waals surface area contributed by atoms with Crippen LogP contribution >= 0.6 is 22.6 Å². The van der Waals surface area contributed by atoms with Gasteiger partial charge in [0.1, 0.15) is 0 Å². The van der Waals surface area contributed by atoms with Crippen molar-refractivity contribution in [3.63, 3.8) is 0 Å². The monoisotopic (exact) mass is 382 g/mol. The van der Waals surface area contributed by atoms with E-state index in [2.05, 4.69) is 0 Å². The van der Waals surface area contributed by atoms with Crippen molar-refractivity contribution in [1.29, 1.82) is 0 Å². The number of hydrogen-bond acceptors (Lipinski definition) is 3. The van der Waals surface area contributed by atoms with E-state index in [0.29, 0.717) is 9.13 Å². The lowest BCUT2D eigenvalue weighted by molar-refractivity contribution is -0.384. The van der Waals surface area contributed by atoms with Gasteiger partial charge in [0, 0.05) is 28.4 Å². The molecule has 0 saturated heterocycles. The second-order valence-corrected chi connectivity index (χ2v) is 5.28. The highest BCUT2D eigenvalue weighted by atomic mass is 127. The molecule has 0 N–H and O–H groups in total. The number of carbonyl (C=O) groups excluding carboxylic acids is 1. The molecule has 0 radical (unpaired) electrons. The molecule has 6 heteroatoms. The highest BCUT2D eigenvalue weighted by molar-refractivity contribution is 14.1. The molecule has 0 aliphatic heterocycles. The van der Waals surface area contributed by atoms with Crippen molar-refractivity contribution in [1.82, 2.24) is 0 Å². The van der Waals surface area contributed by atoms with E-state index in [9.17, 15) is 14.9 Å². The summed E-state index contributed by atoms with van der Waals surface area (Å²) >= 11 is 2.00. The van der Waals surface area contributed by atoms with Gasteiger partial charge in [0.15, 0.2) is 0 Å². The molecular weight excluding hydrogens is 371 g/mol. The van der Waals surface area contributed by atoms with Gasteiger partial charge in [0.05, 0.1) is 10.5 Å². The fraction of sp³-hybridized carbons (Fsp3) is 0.0714. The van der Waals surface area contributed by atoms with Crippen LogP contribution in [0.2, 0.25) is 0 Å². The van der Waals surface area contributed by atoms with Crippen LogP contribution in [-0.4, -0.2) is 17.9 Å². The molecule has 5 nitrogen and oxygen atoms in total. The van der Waals surface area contributed by atoms with Crippen molar-refractivity contribution >= 4 is 39.9 Å². The predicted molar refractivity (Wildman–Crippen MR) is 85.0 cm³/mol. The number of amides is 1. The number of nitrogens with zero attached hydrogens (tertiary/aromatic N) is 2. The minimum atomic E-state index is -0.505. The third-order valence-corrected chi connectivity index (χ3v) is 3.78. The summed E-state index contributed by atoms with van der Waals surface area (Å²) in [5.74, 6) is -0.274. The number of para-hydroxylation sites is 1. The van der Waals surface area contributed by atoms with E-state index < -0.39 is 4.92 Å². The molecule has 0 spiro atoms. The summed E-state index contributed by atoms with van der Waals surface area (Å²) in [6.45, 7) is 0. The van der Waals surface area contributed by atoms with E-state index in [1.54, 1.807) is 13.1 Å². The summed E-state index contributed by atoms with van der Waals surface area (Å²) in [7, 11) is 1.65. The minimum absolute atomic E-state index is 0.0878. The molecule has 2 aromatic carbocycles. The fourth-order valence-electron chi connectivity index (χ4n) is 1.74. The Balaban J connectivity index is 2.38.